The van der Waals surface area contributed by atoms with Crippen molar-refractivity contribution in [2.45, 2.75) is 24.0 Å². The molecule has 3 nitrogen and oxygen atoms in total. The van der Waals surface area contributed by atoms with Crippen molar-refractivity contribution in [2.75, 3.05) is 0 Å². The van der Waals surface area contributed by atoms with Gasteiger partial charge in [0.1, 0.15) is 11.3 Å². The number of thioether (sulfide) groups is 1. The van der Waals surface area contributed by atoms with Crippen molar-refractivity contribution in [3.05, 3.63) is 29.3 Å². The maximum Gasteiger partial charge on any atom is 0.316 e. The van der Waals surface area contributed by atoms with Gasteiger partial charge < -0.3 is 5.11 Å². The van der Waals surface area contributed by atoms with E-state index in [1.165, 1.54) is 11.8 Å². The average molecular weight is 221 g/mol. The van der Waals surface area contributed by atoms with Gasteiger partial charge in [-0.2, -0.15) is 5.26 Å². The standard InChI is InChI=1S/C11H11NO2S/c1-7-3-4-10(9(5-7)6-12)15-8(2)11(13)14/h3-5,8H,1-2H3,(H,13,14). The van der Waals surface area contributed by atoms with Crippen molar-refractivity contribution in [3.63, 3.8) is 0 Å². The molecule has 1 N–H and O–H groups in total. The number of rotatable bonds is 3. The zero-order chi connectivity index (χ0) is 11.4. The van der Waals surface area contributed by atoms with E-state index in [4.69, 9.17) is 10.4 Å². The first-order valence-corrected chi connectivity index (χ1v) is 5.32. The minimum Gasteiger partial charge on any atom is -0.480 e. The summed E-state index contributed by atoms with van der Waals surface area (Å²) in [6, 6.07) is 7.49. The molecule has 0 amide bonds. The van der Waals surface area contributed by atoms with Crippen LogP contribution in [0.15, 0.2) is 23.1 Å². The Hall–Kier alpha value is -1.47. The number of carboxylic acids is 1. The van der Waals surface area contributed by atoms with Gasteiger partial charge in [-0.25, -0.2) is 0 Å². The number of hydrogen-bond acceptors (Lipinski definition) is 3. The SMILES string of the molecule is Cc1ccc(SC(C)C(=O)O)c(C#N)c1. The quantitative estimate of drug-likeness (QED) is 0.796. The van der Waals surface area contributed by atoms with Crippen LogP contribution < -0.4 is 0 Å². The number of hydrogen-bond donors (Lipinski definition) is 1. The van der Waals surface area contributed by atoms with Gasteiger partial charge in [0.2, 0.25) is 0 Å². The summed E-state index contributed by atoms with van der Waals surface area (Å²) in [6.45, 7) is 3.50. The van der Waals surface area contributed by atoms with E-state index in [9.17, 15) is 4.79 Å². The summed E-state index contributed by atoms with van der Waals surface area (Å²) in [5, 5.41) is 17.1. The minimum atomic E-state index is -0.871. The summed E-state index contributed by atoms with van der Waals surface area (Å²) < 4.78 is 0. The Balaban J connectivity index is 2.96. The number of aliphatic carboxylic acids is 1. The summed E-state index contributed by atoms with van der Waals surface area (Å²) in [5.74, 6) is -0.871. The smallest absolute Gasteiger partial charge is 0.316 e. The molecule has 0 saturated carbocycles. The zero-order valence-electron chi connectivity index (χ0n) is 8.52. The van der Waals surface area contributed by atoms with Crippen LogP contribution in [0.3, 0.4) is 0 Å². The van der Waals surface area contributed by atoms with E-state index in [-0.39, 0.29) is 0 Å². The van der Waals surface area contributed by atoms with Crippen molar-refractivity contribution in [3.8, 4) is 6.07 Å². The van der Waals surface area contributed by atoms with Crippen LogP contribution in [-0.2, 0) is 4.79 Å². The summed E-state index contributed by atoms with van der Waals surface area (Å²) >= 11 is 1.19. The van der Waals surface area contributed by atoms with E-state index >= 15 is 0 Å². The van der Waals surface area contributed by atoms with Crippen LogP contribution >= 0.6 is 11.8 Å². The molecule has 1 atom stereocenters. The second-order valence-corrected chi connectivity index (χ2v) is 4.59. The van der Waals surface area contributed by atoms with Crippen molar-refractivity contribution in [1.29, 1.82) is 5.26 Å². The highest BCUT2D eigenvalue weighted by Crippen LogP contribution is 2.27. The van der Waals surface area contributed by atoms with Crippen LogP contribution in [0.5, 0.6) is 0 Å². The highest BCUT2D eigenvalue weighted by molar-refractivity contribution is 8.00. The Morgan fingerprint density at radius 2 is 2.27 bits per heavy atom. The lowest BCUT2D eigenvalue weighted by Gasteiger charge is -2.07. The normalized spacial score (nSPS) is 11.8. The van der Waals surface area contributed by atoms with Gasteiger partial charge in [0.25, 0.3) is 0 Å². The summed E-state index contributed by atoms with van der Waals surface area (Å²) in [6.07, 6.45) is 0. The topological polar surface area (TPSA) is 61.1 Å². The van der Waals surface area contributed by atoms with E-state index in [1.807, 2.05) is 13.0 Å². The molecule has 0 aliphatic heterocycles. The van der Waals surface area contributed by atoms with Crippen molar-refractivity contribution >= 4 is 17.7 Å². The lowest BCUT2D eigenvalue weighted by molar-refractivity contribution is -0.136. The molecule has 15 heavy (non-hydrogen) atoms. The third-order valence-corrected chi connectivity index (χ3v) is 3.07. The van der Waals surface area contributed by atoms with Crippen LogP contribution in [0.4, 0.5) is 0 Å². The van der Waals surface area contributed by atoms with Gasteiger partial charge in [-0.05, 0) is 31.5 Å². The van der Waals surface area contributed by atoms with E-state index in [2.05, 4.69) is 6.07 Å². The van der Waals surface area contributed by atoms with Gasteiger partial charge >= 0.3 is 5.97 Å². The maximum atomic E-state index is 10.7. The van der Waals surface area contributed by atoms with Crippen molar-refractivity contribution in [2.24, 2.45) is 0 Å². The van der Waals surface area contributed by atoms with Crippen LogP contribution in [0, 0.1) is 18.3 Å². The van der Waals surface area contributed by atoms with Gasteiger partial charge in [0, 0.05) is 4.90 Å². The van der Waals surface area contributed by atoms with Gasteiger partial charge in [0.15, 0.2) is 0 Å². The predicted molar refractivity (Wildman–Crippen MR) is 58.8 cm³/mol. The molecule has 78 valence electrons. The summed E-state index contributed by atoms with van der Waals surface area (Å²) in [7, 11) is 0. The molecule has 1 rings (SSSR count). The highest BCUT2D eigenvalue weighted by Gasteiger charge is 2.14. The van der Waals surface area contributed by atoms with Gasteiger partial charge in [-0.1, -0.05) is 6.07 Å². The largest absolute Gasteiger partial charge is 0.480 e. The molecule has 0 fully saturated rings. The maximum absolute atomic E-state index is 10.7. The molecule has 0 saturated heterocycles. The van der Waals surface area contributed by atoms with Crippen LogP contribution in [0.25, 0.3) is 0 Å². The second kappa shape index (κ2) is 4.85. The first-order chi connectivity index (χ1) is 7.04. The Morgan fingerprint density at radius 3 is 2.80 bits per heavy atom. The Kier molecular flexibility index (Phi) is 3.75. The fourth-order valence-corrected chi connectivity index (χ4v) is 1.93. The Morgan fingerprint density at radius 1 is 1.60 bits per heavy atom. The van der Waals surface area contributed by atoms with E-state index in [0.717, 1.165) is 10.5 Å². The molecular weight excluding hydrogens is 210 g/mol. The Bertz CT molecular complexity index is 423. The number of nitrogens with zero attached hydrogens (tertiary/aromatic N) is 1. The van der Waals surface area contributed by atoms with Crippen LogP contribution in [0.2, 0.25) is 0 Å². The molecule has 0 radical (unpaired) electrons. The molecule has 1 unspecified atom stereocenters. The van der Waals surface area contributed by atoms with E-state index in [1.54, 1.807) is 19.1 Å². The number of nitriles is 1. The third kappa shape index (κ3) is 3.00. The molecule has 0 heterocycles. The summed E-state index contributed by atoms with van der Waals surface area (Å²) in [4.78, 5) is 11.4. The zero-order valence-corrected chi connectivity index (χ0v) is 9.34. The molecule has 1 aromatic carbocycles. The minimum absolute atomic E-state index is 0.535. The van der Waals surface area contributed by atoms with E-state index < -0.39 is 11.2 Å². The molecule has 0 aliphatic carbocycles. The van der Waals surface area contributed by atoms with Gasteiger partial charge in [0.05, 0.1) is 5.56 Å². The van der Waals surface area contributed by atoms with Crippen LogP contribution in [0.1, 0.15) is 18.1 Å². The molecule has 0 aliphatic rings. The Labute approximate surface area is 92.7 Å². The van der Waals surface area contributed by atoms with Gasteiger partial charge in [-0.3, -0.25) is 4.79 Å². The fourth-order valence-electron chi connectivity index (χ4n) is 1.07. The fraction of sp³-hybridized carbons (Fsp3) is 0.273. The lowest BCUT2D eigenvalue weighted by Crippen LogP contribution is -2.11. The van der Waals surface area contributed by atoms with Gasteiger partial charge in [-0.15, -0.1) is 11.8 Å². The number of benzene rings is 1. The van der Waals surface area contributed by atoms with Crippen LogP contribution in [-0.4, -0.2) is 16.3 Å². The molecule has 4 heteroatoms. The molecule has 0 bridgehead atoms. The lowest BCUT2D eigenvalue weighted by atomic mass is 10.2. The predicted octanol–water partition coefficient (Wildman–Crippen LogP) is 2.43. The van der Waals surface area contributed by atoms with Crippen molar-refractivity contribution in [1.82, 2.24) is 0 Å². The molecule has 0 spiro atoms. The second-order valence-electron chi connectivity index (χ2n) is 3.21. The number of aryl methyl sites for hydroxylation is 1. The third-order valence-electron chi connectivity index (χ3n) is 1.91. The molecular formula is C11H11NO2S. The first kappa shape index (κ1) is 11.6. The molecule has 0 aromatic heterocycles. The molecule has 1 aromatic rings. The highest BCUT2D eigenvalue weighted by atomic mass is 32.2. The summed E-state index contributed by atoms with van der Waals surface area (Å²) in [5.41, 5.74) is 1.53. The average Bonchev–Trinajstić information content (AvgIpc) is 2.20. The van der Waals surface area contributed by atoms with E-state index in [0.29, 0.717) is 5.56 Å². The number of carboxylic acid groups (broad SMARTS) is 1. The first-order valence-electron chi connectivity index (χ1n) is 4.45. The monoisotopic (exact) mass is 221 g/mol. The number of carbonyl (C=O) groups is 1. The van der Waals surface area contributed by atoms with Crippen molar-refractivity contribution < 1.29 is 9.90 Å².